The number of rotatable bonds is 3. The lowest BCUT2D eigenvalue weighted by molar-refractivity contribution is 0.474. The van der Waals surface area contributed by atoms with Crippen molar-refractivity contribution >= 4 is 17.7 Å². The zero-order chi connectivity index (χ0) is 18.1. The van der Waals surface area contributed by atoms with Gasteiger partial charge in [-0.3, -0.25) is 4.40 Å². The van der Waals surface area contributed by atoms with Gasteiger partial charge < -0.3 is 10.2 Å². The first-order valence-electron chi connectivity index (χ1n) is 8.22. The Morgan fingerprint density at radius 3 is 2.46 bits per heavy atom. The molecule has 0 aliphatic carbocycles. The highest BCUT2D eigenvalue weighted by molar-refractivity contribution is 5.88. The monoisotopic (exact) mass is 343 g/mol. The Hall–Kier alpha value is -3.60. The Kier molecular flexibility index (Phi) is 3.89. The summed E-state index contributed by atoms with van der Waals surface area (Å²) in [6.45, 7) is 2.00. The minimum Gasteiger partial charge on any atom is -0.507 e. The largest absolute Gasteiger partial charge is 0.507 e. The third-order valence-corrected chi connectivity index (χ3v) is 4.18. The van der Waals surface area contributed by atoms with Gasteiger partial charge in [-0.05, 0) is 48.9 Å². The molecule has 0 aliphatic heterocycles. The van der Waals surface area contributed by atoms with E-state index in [9.17, 15) is 10.2 Å². The first kappa shape index (κ1) is 15.9. The summed E-state index contributed by atoms with van der Waals surface area (Å²) < 4.78 is 1.87. The zero-order valence-corrected chi connectivity index (χ0v) is 14.2. The smallest absolute Gasteiger partial charge is 0.165 e. The first-order valence-corrected chi connectivity index (χ1v) is 8.22. The van der Waals surface area contributed by atoms with E-state index in [-0.39, 0.29) is 11.5 Å². The maximum absolute atomic E-state index is 10.3. The highest BCUT2D eigenvalue weighted by atomic mass is 16.3. The maximum Gasteiger partial charge on any atom is 0.165 e. The van der Waals surface area contributed by atoms with Crippen molar-refractivity contribution in [2.24, 2.45) is 4.99 Å². The van der Waals surface area contributed by atoms with Crippen LogP contribution in [0.25, 0.3) is 16.9 Å². The number of hydrogen-bond acceptors (Lipinski definition) is 4. The summed E-state index contributed by atoms with van der Waals surface area (Å²) in [6.07, 6.45) is 3.50. The lowest BCUT2D eigenvalue weighted by Crippen LogP contribution is -1.86. The molecule has 4 rings (SSSR count). The molecule has 0 spiro atoms. The number of phenolic OH excluding ortho intramolecular Hbond substituents is 2. The molecule has 0 amide bonds. The number of imidazole rings is 1. The number of aromatic hydroxyl groups is 2. The molecule has 0 saturated heterocycles. The van der Waals surface area contributed by atoms with Crippen molar-refractivity contribution in [2.75, 3.05) is 0 Å². The Morgan fingerprint density at radius 1 is 0.962 bits per heavy atom. The van der Waals surface area contributed by atoms with Crippen molar-refractivity contribution in [1.82, 2.24) is 9.38 Å². The fraction of sp³-hybridized carbons (Fsp3) is 0.0476. The minimum absolute atomic E-state index is 0.145. The molecular weight excluding hydrogens is 326 g/mol. The average molecular weight is 343 g/mol. The van der Waals surface area contributed by atoms with Crippen molar-refractivity contribution in [3.05, 3.63) is 78.0 Å². The molecular formula is C21H17N3O2. The molecule has 128 valence electrons. The van der Waals surface area contributed by atoms with Crippen molar-refractivity contribution in [3.8, 4) is 22.8 Å². The van der Waals surface area contributed by atoms with Crippen molar-refractivity contribution in [1.29, 1.82) is 0 Å². The van der Waals surface area contributed by atoms with Gasteiger partial charge in [-0.15, -0.1) is 0 Å². The molecule has 2 aromatic heterocycles. The summed E-state index contributed by atoms with van der Waals surface area (Å²) in [6, 6.07) is 18.0. The molecule has 4 aromatic rings. The van der Waals surface area contributed by atoms with E-state index in [1.165, 1.54) is 0 Å². The van der Waals surface area contributed by atoms with Crippen LogP contribution >= 0.6 is 0 Å². The van der Waals surface area contributed by atoms with E-state index >= 15 is 0 Å². The molecule has 0 unspecified atom stereocenters. The van der Waals surface area contributed by atoms with Crippen LogP contribution in [0.15, 0.2) is 71.9 Å². The van der Waals surface area contributed by atoms with Gasteiger partial charge >= 0.3 is 0 Å². The van der Waals surface area contributed by atoms with Crippen LogP contribution in [0, 0.1) is 6.92 Å². The molecule has 2 N–H and O–H groups in total. The Bertz CT molecular complexity index is 1130. The van der Waals surface area contributed by atoms with Crippen molar-refractivity contribution < 1.29 is 10.2 Å². The van der Waals surface area contributed by atoms with E-state index in [0.29, 0.717) is 22.6 Å². The predicted molar refractivity (Wildman–Crippen MR) is 102 cm³/mol. The van der Waals surface area contributed by atoms with Gasteiger partial charge in [0.05, 0.1) is 0 Å². The van der Waals surface area contributed by atoms with Gasteiger partial charge in [0.1, 0.15) is 22.8 Å². The van der Waals surface area contributed by atoms with E-state index < -0.39 is 0 Å². The summed E-state index contributed by atoms with van der Waals surface area (Å²) in [4.78, 5) is 9.24. The Labute approximate surface area is 150 Å². The SMILES string of the molecule is Cc1ccn2c(N=Cc3ccccc3O)c(-c3ccccc3O)nc2c1. The highest BCUT2D eigenvalue weighted by Crippen LogP contribution is 2.36. The lowest BCUT2D eigenvalue weighted by Gasteiger charge is -2.03. The number of benzene rings is 2. The van der Waals surface area contributed by atoms with E-state index in [1.807, 2.05) is 47.9 Å². The van der Waals surface area contributed by atoms with Gasteiger partial charge in [0, 0.05) is 23.5 Å². The molecule has 5 nitrogen and oxygen atoms in total. The van der Waals surface area contributed by atoms with Crippen LogP contribution in [0.1, 0.15) is 11.1 Å². The van der Waals surface area contributed by atoms with E-state index in [2.05, 4.69) is 9.98 Å². The van der Waals surface area contributed by atoms with Crippen LogP contribution < -0.4 is 0 Å². The highest BCUT2D eigenvalue weighted by Gasteiger charge is 2.16. The number of phenols is 2. The zero-order valence-electron chi connectivity index (χ0n) is 14.2. The fourth-order valence-corrected chi connectivity index (χ4v) is 2.84. The predicted octanol–water partition coefficient (Wildman–Crippen LogP) is 4.47. The van der Waals surface area contributed by atoms with Gasteiger partial charge in [0.2, 0.25) is 0 Å². The molecule has 0 fully saturated rings. The quantitative estimate of drug-likeness (QED) is 0.539. The van der Waals surface area contributed by atoms with Gasteiger partial charge in [-0.2, -0.15) is 0 Å². The molecule has 2 heterocycles. The summed E-state index contributed by atoms with van der Waals surface area (Å²) in [5.74, 6) is 0.890. The number of aromatic nitrogens is 2. The van der Waals surface area contributed by atoms with E-state index in [0.717, 1.165) is 11.2 Å². The number of hydrogen-bond donors (Lipinski definition) is 2. The fourth-order valence-electron chi connectivity index (χ4n) is 2.84. The van der Waals surface area contributed by atoms with E-state index in [4.69, 9.17) is 0 Å². The minimum atomic E-state index is 0.145. The molecule has 0 atom stereocenters. The molecule has 0 saturated carbocycles. The second kappa shape index (κ2) is 6.37. The van der Waals surface area contributed by atoms with Crippen LogP contribution in [-0.2, 0) is 0 Å². The normalized spacial score (nSPS) is 11.4. The molecule has 5 heteroatoms. The maximum atomic E-state index is 10.3. The summed E-state index contributed by atoms with van der Waals surface area (Å²) in [5, 5.41) is 20.2. The Balaban J connectivity index is 1.93. The van der Waals surface area contributed by atoms with Crippen molar-refractivity contribution in [3.63, 3.8) is 0 Å². The molecule has 26 heavy (non-hydrogen) atoms. The first-order chi connectivity index (χ1) is 12.6. The van der Waals surface area contributed by atoms with Gasteiger partial charge in [0.15, 0.2) is 5.82 Å². The van der Waals surface area contributed by atoms with Gasteiger partial charge in [-0.1, -0.05) is 24.3 Å². The number of fused-ring (bicyclic) bond motifs is 1. The molecule has 0 aliphatic rings. The second-order valence-electron chi connectivity index (χ2n) is 6.05. The standard InChI is InChI=1S/C21H17N3O2/c1-14-10-11-24-19(12-14)23-20(16-7-3-5-9-18(16)26)21(24)22-13-15-6-2-4-8-17(15)25/h2-13,25-26H,1H3. The summed E-state index contributed by atoms with van der Waals surface area (Å²) >= 11 is 0. The van der Waals surface area contributed by atoms with Gasteiger partial charge in [-0.25, -0.2) is 9.98 Å². The average Bonchev–Trinajstić information content (AvgIpc) is 2.98. The Morgan fingerprint density at radius 2 is 1.69 bits per heavy atom. The molecule has 0 bridgehead atoms. The summed E-state index contributed by atoms with van der Waals surface area (Å²) in [5.41, 5.74) is 3.63. The third kappa shape index (κ3) is 2.80. The van der Waals surface area contributed by atoms with Crippen molar-refractivity contribution in [2.45, 2.75) is 6.92 Å². The number of aryl methyl sites for hydroxylation is 1. The topological polar surface area (TPSA) is 70.1 Å². The number of para-hydroxylation sites is 2. The summed E-state index contributed by atoms with van der Waals surface area (Å²) in [7, 11) is 0. The lowest BCUT2D eigenvalue weighted by atomic mass is 10.1. The van der Waals surface area contributed by atoms with Crippen LogP contribution in [0.2, 0.25) is 0 Å². The molecule has 2 aromatic carbocycles. The van der Waals surface area contributed by atoms with E-state index in [1.54, 1.807) is 36.5 Å². The second-order valence-corrected chi connectivity index (χ2v) is 6.05. The van der Waals surface area contributed by atoms with Gasteiger partial charge in [0.25, 0.3) is 0 Å². The number of nitrogens with zero attached hydrogens (tertiary/aromatic N) is 3. The third-order valence-electron chi connectivity index (χ3n) is 4.18. The number of pyridine rings is 1. The van der Waals surface area contributed by atoms with Crippen LogP contribution in [0.4, 0.5) is 5.82 Å². The van der Waals surface area contributed by atoms with Crippen LogP contribution in [0.3, 0.4) is 0 Å². The molecule has 0 radical (unpaired) electrons. The van der Waals surface area contributed by atoms with Crippen LogP contribution in [0.5, 0.6) is 11.5 Å². The number of aliphatic imine (C=N–C) groups is 1. The van der Waals surface area contributed by atoms with Crippen LogP contribution in [-0.4, -0.2) is 25.8 Å².